The smallest absolute Gasteiger partial charge is 0.331 e. The molecular formula is C17H19NO4. The number of Topliss-reactive ketones (excluding diaryl/α,β-unsaturated/α-hetero) is 1. The van der Waals surface area contributed by atoms with Crippen molar-refractivity contribution in [2.75, 3.05) is 6.61 Å². The maximum absolute atomic E-state index is 11.6. The number of ketones is 1. The average Bonchev–Trinajstić information content (AvgIpc) is 2.43. The highest BCUT2D eigenvalue weighted by Crippen LogP contribution is 2.07. The Morgan fingerprint density at radius 3 is 2.32 bits per heavy atom. The molecule has 0 bridgehead atoms. The Kier molecular flexibility index (Phi) is 6.25. The number of carbonyl (C=O) groups is 2. The maximum Gasteiger partial charge on any atom is 0.331 e. The van der Waals surface area contributed by atoms with Gasteiger partial charge in [-0.25, -0.2) is 4.79 Å². The largest absolute Gasteiger partial charge is 0.508 e. The summed E-state index contributed by atoms with van der Waals surface area (Å²) in [5.41, 5.74) is 1.77. The fourth-order valence-corrected chi connectivity index (χ4v) is 1.79. The summed E-state index contributed by atoms with van der Waals surface area (Å²) in [5, 5.41) is 17.1. The number of allylic oxidation sites excluding steroid dienone is 1. The molecule has 116 valence electrons. The van der Waals surface area contributed by atoms with Gasteiger partial charge in [0.05, 0.1) is 5.57 Å². The first-order valence-corrected chi connectivity index (χ1v) is 6.71. The van der Waals surface area contributed by atoms with Crippen molar-refractivity contribution >= 4 is 23.5 Å². The molecular weight excluding hydrogens is 282 g/mol. The number of benzene rings is 1. The molecule has 0 fully saturated rings. The third-order valence-corrected chi connectivity index (χ3v) is 2.86. The zero-order valence-electron chi connectivity index (χ0n) is 12.8. The van der Waals surface area contributed by atoms with Crippen molar-refractivity contribution in [3.63, 3.8) is 0 Å². The number of nitrogens with one attached hydrogen (secondary N) is 1. The molecule has 1 rings (SSSR count). The number of aryl methyl sites for hydroxylation is 1. The van der Waals surface area contributed by atoms with Gasteiger partial charge in [-0.3, -0.25) is 4.79 Å². The van der Waals surface area contributed by atoms with Crippen LogP contribution in [0.1, 0.15) is 25.0 Å². The first-order valence-electron chi connectivity index (χ1n) is 6.71. The first kappa shape index (κ1) is 17.4. The van der Waals surface area contributed by atoms with Gasteiger partial charge in [-0.1, -0.05) is 29.8 Å². The van der Waals surface area contributed by atoms with Gasteiger partial charge >= 0.3 is 5.97 Å². The van der Waals surface area contributed by atoms with Crippen molar-refractivity contribution in [3.8, 4) is 0 Å². The number of carbonyl (C=O) groups excluding carboxylic acids is 2. The number of hydrogen-bond acceptors (Lipinski definition) is 5. The summed E-state index contributed by atoms with van der Waals surface area (Å²) in [6.45, 7) is 4.14. The van der Waals surface area contributed by atoms with Gasteiger partial charge in [-0.05, 0) is 32.4 Å². The summed E-state index contributed by atoms with van der Waals surface area (Å²) in [4.78, 5) is 22.9. The number of esters is 1. The van der Waals surface area contributed by atoms with Crippen LogP contribution >= 0.6 is 0 Å². The fraction of sp³-hybridized carbons (Fsp3) is 0.235. The molecule has 0 atom stereocenters. The van der Waals surface area contributed by atoms with E-state index in [0.29, 0.717) is 0 Å². The Balaban J connectivity index is 2.66. The molecule has 1 aromatic carbocycles. The molecule has 0 aliphatic heterocycles. The third-order valence-electron chi connectivity index (χ3n) is 2.86. The predicted octanol–water partition coefficient (Wildman–Crippen LogP) is 2.99. The van der Waals surface area contributed by atoms with E-state index in [1.165, 1.54) is 19.9 Å². The van der Waals surface area contributed by atoms with E-state index in [2.05, 4.69) is 0 Å². The molecule has 0 radical (unpaired) electrons. The van der Waals surface area contributed by atoms with Crippen LogP contribution in [0.15, 0.2) is 41.7 Å². The average molecular weight is 301 g/mol. The summed E-state index contributed by atoms with van der Waals surface area (Å²) in [6, 6.07) is 7.57. The Bertz CT molecular complexity index is 623. The van der Waals surface area contributed by atoms with Crippen LogP contribution in [0.3, 0.4) is 0 Å². The van der Waals surface area contributed by atoms with Crippen molar-refractivity contribution < 1.29 is 19.4 Å². The van der Waals surface area contributed by atoms with Crippen LogP contribution in [0, 0.1) is 12.3 Å². The van der Waals surface area contributed by atoms with Crippen molar-refractivity contribution in [1.82, 2.24) is 0 Å². The quantitative estimate of drug-likeness (QED) is 0.366. The van der Waals surface area contributed by atoms with Gasteiger partial charge < -0.3 is 15.3 Å². The third kappa shape index (κ3) is 5.36. The van der Waals surface area contributed by atoms with Crippen LogP contribution in [0.5, 0.6) is 0 Å². The van der Waals surface area contributed by atoms with Crippen molar-refractivity contribution in [2.24, 2.45) is 0 Å². The second-order valence-electron chi connectivity index (χ2n) is 4.85. The molecule has 0 heterocycles. The van der Waals surface area contributed by atoms with Gasteiger partial charge in [0.1, 0.15) is 12.4 Å². The van der Waals surface area contributed by atoms with Crippen LogP contribution in [0.4, 0.5) is 0 Å². The van der Waals surface area contributed by atoms with Crippen LogP contribution in [0.2, 0.25) is 0 Å². The van der Waals surface area contributed by atoms with Gasteiger partial charge in [0.15, 0.2) is 5.78 Å². The van der Waals surface area contributed by atoms with Gasteiger partial charge in [0, 0.05) is 11.8 Å². The summed E-state index contributed by atoms with van der Waals surface area (Å²) < 4.78 is 4.85. The monoisotopic (exact) mass is 301 g/mol. The summed E-state index contributed by atoms with van der Waals surface area (Å²) in [5.74, 6) is -1.51. The lowest BCUT2D eigenvalue weighted by Crippen LogP contribution is -2.14. The molecule has 0 aromatic heterocycles. The lowest BCUT2D eigenvalue weighted by atomic mass is 10.1. The molecule has 22 heavy (non-hydrogen) atoms. The fourth-order valence-electron chi connectivity index (χ4n) is 1.79. The van der Waals surface area contributed by atoms with Gasteiger partial charge in [0.25, 0.3) is 0 Å². The number of aliphatic hydroxyl groups excluding tert-OH is 1. The van der Waals surface area contributed by atoms with Gasteiger partial charge in [-0.15, -0.1) is 0 Å². The van der Waals surface area contributed by atoms with E-state index in [4.69, 9.17) is 10.1 Å². The molecule has 0 unspecified atom stereocenters. The molecule has 0 amide bonds. The van der Waals surface area contributed by atoms with Crippen LogP contribution in [0.25, 0.3) is 6.08 Å². The van der Waals surface area contributed by atoms with Crippen molar-refractivity contribution in [3.05, 3.63) is 52.8 Å². The van der Waals surface area contributed by atoms with Crippen molar-refractivity contribution in [2.45, 2.75) is 20.8 Å². The Morgan fingerprint density at radius 1 is 1.23 bits per heavy atom. The van der Waals surface area contributed by atoms with E-state index in [0.717, 1.165) is 11.1 Å². The lowest BCUT2D eigenvalue weighted by Gasteiger charge is -2.06. The minimum absolute atomic E-state index is 0.0729. The first-order chi connectivity index (χ1) is 10.3. The van der Waals surface area contributed by atoms with E-state index in [9.17, 15) is 14.7 Å². The normalized spacial score (nSPS) is 12.0. The highest BCUT2D eigenvalue weighted by Gasteiger charge is 2.14. The molecule has 0 aliphatic rings. The predicted molar refractivity (Wildman–Crippen MR) is 84.9 cm³/mol. The van der Waals surface area contributed by atoms with Gasteiger partial charge in [0.2, 0.25) is 0 Å². The molecule has 5 nitrogen and oxygen atoms in total. The SMILES string of the molecule is CC(=N)/C(C(C)=O)=C(/O)COC(=O)/C=C/c1ccc(C)cc1. The van der Waals surface area contributed by atoms with E-state index in [1.807, 2.05) is 31.2 Å². The maximum atomic E-state index is 11.6. The Morgan fingerprint density at radius 2 is 1.82 bits per heavy atom. The zero-order valence-corrected chi connectivity index (χ0v) is 12.8. The minimum atomic E-state index is -0.641. The molecule has 1 aromatic rings. The molecule has 2 N–H and O–H groups in total. The minimum Gasteiger partial charge on any atom is -0.508 e. The summed E-state index contributed by atoms with van der Waals surface area (Å²) in [6.07, 6.45) is 2.83. The summed E-state index contributed by atoms with van der Waals surface area (Å²) in [7, 11) is 0. The standard InChI is InChI=1S/C17H19NO4/c1-11-4-6-14(7-5-11)8-9-16(21)22-10-15(20)17(12(2)18)13(3)19/h4-9,18,20H,10H2,1-3H3/b9-8+,17-15-,18-12?. The van der Waals surface area contributed by atoms with E-state index >= 15 is 0 Å². The lowest BCUT2D eigenvalue weighted by molar-refractivity contribution is -0.137. The molecule has 0 saturated carbocycles. The number of hydrogen-bond donors (Lipinski definition) is 2. The number of rotatable bonds is 6. The number of ether oxygens (including phenoxy) is 1. The highest BCUT2D eigenvalue weighted by atomic mass is 16.5. The second-order valence-corrected chi connectivity index (χ2v) is 4.85. The number of aliphatic hydroxyl groups is 1. The van der Waals surface area contributed by atoms with E-state index in [-0.39, 0.29) is 11.3 Å². The zero-order chi connectivity index (χ0) is 16.7. The van der Waals surface area contributed by atoms with E-state index < -0.39 is 24.1 Å². The van der Waals surface area contributed by atoms with Crippen molar-refractivity contribution in [1.29, 1.82) is 5.41 Å². The second kappa shape index (κ2) is 7.93. The molecule has 0 saturated heterocycles. The van der Waals surface area contributed by atoms with Gasteiger partial charge in [-0.2, -0.15) is 0 Å². The molecule has 5 heteroatoms. The van der Waals surface area contributed by atoms with Crippen LogP contribution < -0.4 is 0 Å². The molecule has 0 spiro atoms. The van der Waals surface area contributed by atoms with E-state index in [1.54, 1.807) is 6.08 Å². The topological polar surface area (TPSA) is 87.5 Å². The van der Waals surface area contributed by atoms with Crippen LogP contribution in [-0.4, -0.2) is 29.2 Å². The molecule has 0 aliphatic carbocycles. The Hall–Kier alpha value is -2.69. The Labute approximate surface area is 129 Å². The highest BCUT2D eigenvalue weighted by molar-refractivity contribution is 6.19. The van der Waals surface area contributed by atoms with Crippen LogP contribution in [-0.2, 0) is 14.3 Å². The summed E-state index contributed by atoms with van der Waals surface area (Å²) >= 11 is 0.